The number of halogens is 1. The third-order valence-corrected chi connectivity index (χ3v) is 3.50. The Balaban J connectivity index is 2.11. The minimum absolute atomic E-state index is 0.221. The number of ether oxygens (including phenoxy) is 1. The van der Waals surface area contributed by atoms with Crippen molar-refractivity contribution in [3.05, 3.63) is 28.2 Å². The second-order valence-electron chi connectivity index (χ2n) is 4.29. The van der Waals surface area contributed by atoms with Gasteiger partial charge in [-0.15, -0.1) is 0 Å². The normalized spacial score (nSPS) is 20.9. The standard InChI is InChI=1S/C13H15BrN2O/c1-9(13-3-2-6-17-13)16-12-7-11(14)5-4-10(12)8-15/h4-5,7,9,13,16H,2-3,6H2,1H3. The molecule has 0 bridgehead atoms. The first-order valence-corrected chi connectivity index (χ1v) is 6.58. The van der Waals surface area contributed by atoms with Gasteiger partial charge in [-0.2, -0.15) is 5.26 Å². The topological polar surface area (TPSA) is 45.0 Å². The molecule has 0 saturated carbocycles. The highest BCUT2D eigenvalue weighted by atomic mass is 79.9. The smallest absolute Gasteiger partial charge is 0.101 e. The molecule has 17 heavy (non-hydrogen) atoms. The van der Waals surface area contributed by atoms with Crippen molar-refractivity contribution in [3.8, 4) is 6.07 Å². The van der Waals surface area contributed by atoms with E-state index in [0.717, 1.165) is 29.6 Å². The molecule has 3 nitrogen and oxygen atoms in total. The molecular weight excluding hydrogens is 280 g/mol. The van der Waals surface area contributed by atoms with Crippen molar-refractivity contribution in [2.24, 2.45) is 0 Å². The number of nitriles is 1. The van der Waals surface area contributed by atoms with Crippen molar-refractivity contribution in [2.45, 2.75) is 31.9 Å². The molecule has 0 radical (unpaired) electrons. The number of nitrogens with one attached hydrogen (secondary N) is 1. The Bertz CT molecular complexity index is 436. The third-order valence-electron chi connectivity index (χ3n) is 3.01. The van der Waals surface area contributed by atoms with Crippen LogP contribution in [0.25, 0.3) is 0 Å². The third kappa shape index (κ3) is 2.99. The zero-order valence-corrected chi connectivity index (χ0v) is 11.3. The molecule has 1 aliphatic heterocycles. The Hall–Kier alpha value is -1.05. The fraction of sp³-hybridized carbons (Fsp3) is 0.462. The van der Waals surface area contributed by atoms with Gasteiger partial charge in [0.2, 0.25) is 0 Å². The maximum atomic E-state index is 9.05. The van der Waals surface area contributed by atoms with Gasteiger partial charge in [0.05, 0.1) is 17.4 Å². The van der Waals surface area contributed by atoms with E-state index in [1.807, 2.05) is 18.2 Å². The van der Waals surface area contributed by atoms with Gasteiger partial charge in [0.15, 0.2) is 0 Å². The maximum absolute atomic E-state index is 9.05. The fourth-order valence-corrected chi connectivity index (χ4v) is 2.43. The number of hydrogen-bond acceptors (Lipinski definition) is 3. The van der Waals surface area contributed by atoms with Crippen LogP contribution in [0, 0.1) is 11.3 Å². The van der Waals surface area contributed by atoms with Crippen LogP contribution in [0.1, 0.15) is 25.3 Å². The molecule has 1 fully saturated rings. The first-order chi connectivity index (χ1) is 8.20. The number of anilines is 1. The second kappa shape index (κ2) is 5.52. The highest BCUT2D eigenvalue weighted by Gasteiger charge is 2.22. The van der Waals surface area contributed by atoms with Gasteiger partial charge < -0.3 is 10.1 Å². The monoisotopic (exact) mass is 294 g/mol. The molecule has 2 rings (SSSR count). The highest BCUT2D eigenvalue weighted by molar-refractivity contribution is 9.10. The Kier molecular flexibility index (Phi) is 4.03. The summed E-state index contributed by atoms with van der Waals surface area (Å²) in [4.78, 5) is 0. The summed E-state index contributed by atoms with van der Waals surface area (Å²) in [5, 5.41) is 12.4. The Morgan fingerprint density at radius 3 is 3.06 bits per heavy atom. The molecule has 2 unspecified atom stereocenters. The molecule has 90 valence electrons. The van der Waals surface area contributed by atoms with Gasteiger partial charge in [0, 0.05) is 17.1 Å². The van der Waals surface area contributed by atoms with E-state index < -0.39 is 0 Å². The van der Waals surface area contributed by atoms with Crippen LogP contribution in [-0.2, 0) is 4.74 Å². The van der Waals surface area contributed by atoms with Gasteiger partial charge >= 0.3 is 0 Å². The van der Waals surface area contributed by atoms with Gasteiger partial charge in [-0.3, -0.25) is 0 Å². The molecular formula is C13H15BrN2O. The molecule has 0 aromatic heterocycles. The van der Waals surface area contributed by atoms with Crippen LogP contribution in [-0.4, -0.2) is 18.8 Å². The van der Waals surface area contributed by atoms with E-state index in [1.54, 1.807) is 0 Å². The molecule has 1 saturated heterocycles. The van der Waals surface area contributed by atoms with E-state index >= 15 is 0 Å². The fourth-order valence-electron chi connectivity index (χ4n) is 2.07. The van der Waals surface area contributed by atoms with Crippen molar-refractivity contribution in [1.82, 2.24) is 0 Å². The zero-order chi connectivity index (χ0) is 12.3. The average molecular weight is 295 g/mol. The molecule has 1 aliphatic rings. The van der Waals surface area contributed by atoms with Crippen LogP contribution in [0.4, 0.5) is 5.69 Å². The molecule has 1 N–H and O–H groups in total. The summed E-state index contributed by atoms with van der Waals surface area (Å²) in [5.41, 5.74) is 1.53. The van der Waals surface area contributed by atoms with Crippen molar-refractivity contribution < 1.29 is 4.74 Å². The van der Waals surface area contributed by atoms with Gasteiger partial charge in [0.25, 0.3) is 0 Å². The largest absolute Gasteiger partial charge is 0.379 e. The van der Waals surface area contributed by atoms with Gasteiger partial charge in [-0.25, -0.2) is 0 Å². The molecule has 1 heterocycles. The summed E-state index contributed by atoms with van der Waals surface area (Å²) in [5.74, 6) is 0. The number of hydrogen-bond donors (Lipinski definition) is 1. The molecule has 1 aromatic rings. The molecule has 2 atom stereocenters. The van der Waals surface area contributed by atoms with Crippen LogP contribution < -0.4 is 5.32 Å². The molecule has 1 aromatic carbocycles. The lowest BCUT2D eigenvalue weighted by Gasteiger charge is -2.21. The summed E-state index contributed by atoms with van der Waals surface area (Å²) in [7, 11) is 0. The predicted molar refractivity (Wildman–Crippen MR) is 70.9 cm³/mol. The Labute approximate surface area is 110 Å². The first-order valence-electron chi connectivity index (χ1n) is 5.78. The Morgan fingerprint density at radius 1 is 1.59 bits per heavy atom. The molecule has 0 spiro atoms. The summed E-state index contributed by atoms with van der Waals surface area (Å²) < 4.78 is 6.60. The van der Waals surface area contributed by atoms with Crippen LogP contribution in [0.5, 0.6) is 0 Å². The average Bonchev–Trinajstić information content (AvgIpc) is 2.83. The number of rotatable bonds is 3. The summed E-state index contributed by atoms with van der Waals surface area (Å²) in [6.07, 6.45) is 2.46. The summed E-state index contributed by atoms with van der Waals surface area (Å²) in [6, 6.07) is 8.04. The van der Waals surface area contributed by atoms with E-state index in [2.05, 4.69) is 34.2 Å². The van der Waals surface area contributed by atoms with Gasteiger partial charge in [-0.1, -0.05) is 15.9 Å². The molecule has 0 amide bonds. The van der Waals surface area contributed by atoms with E-state index in [4.69, 9.17) is 10.00 Å². The predicted octanol–water partition coefficient (Wildman–Crippen LogP) is 3.30. The first kappa shape index (κ1) is 12.4. The van der Waals surface area contributed by atoms with Gasteiger partial charge in [-0.05, 0) is 38.0 Å². The lowest BCUT2D eigenvalue weighted by atomic mass is 10.1. The van der Waals surface area contributed by atoms with Crippen molar-refractivity contribution >= 4 is 21.6 Å². The van der Waals surface area contributed by atoms with E-state index in [1.165, 1.54) is 0 Å². The SMILES string of the molecule is CC(Nc1cc(Br)ccc1C#N)C1CCCO1. The van der Waals surface area contributed by atoms with Crippen molar-refractivity contribution in [3.63, 3.8) is 0 Å². The van der Waals surface area contributed by atoms with Crippen molar-refractivity contribution in [2.75, 3.05) is 11.9 Å². The highest BCUT2D eigenvalue weighted by Crippen LogP contribution is 2.24. The van der Waals surface area contributed by atoms with Crippen LogP contribution >= 0.6 is 15.9 Å². The van der Waals surface area contributed by atoms with Gasteiger partial charge in [0.1, 0.15) is 6.07 Å². The number of benzene rings is 1. The van der Waals surface area contributed by atoms with Crippen molar-refractivity contribution in [1.29, 1.82) is 5.26 Å². The van der Waals surface area contributed by atoms with Crippen LogP contribution in [0.3, 0.4) is 0 Å². The number of nitrogens with zero attached hydrogens (tertiary/aromatic N) is 1. The van der Waals surface area contributed by atoms with Crippen LogP contribution in [0.15, 0.2) is 22.7 Å². The van der Waals surface area contributed by atoms with Crippen LogP contribution in [0.2, 0.25) is 0 Å². The maximum Gasteiger partial charge on any atom is 0.101 e. The molecule has 0 aliphatic carbocycles. The minimum atomic E-state index is 0.221. The lowest BCUT2D eigenvalue weighted by molar-refractivity contribution is 0.0996. The Morgan fingerprint density at radius 2 is 2.41 bits per heavy atom. The van der Waals surface area contributed by atoms with E-state index in [0.29, 0.717) is 5.56 Å². The summed E-state index contributed by atoms with van der Waals surface area (Å²) >= 11 is 3.42. The quantitative estimate of drug-likeness (QED) is 0.930. The van der Waals surface area contributed by atoms with E-state index in [-0.39, 0.29) is 12.1 Å². The summed E-state index contributed by atoms with van der Waals surface area (Å²) in [6.45, 7) is 2.94. The molecule has 4 heteroatoms. The van der Waals surface area contributed by atoms with E-state index in [9.17, 15) is 0 Å². The minimum Gasteiger partial charge on any atom is -0.379 e. The zero-order valence-electron chi connectivity index (χ0n) is 9.74. The second-order valence-corrected chi connectivity index (χ2v) is 5.20. The lowest BCUT2D eigenvalue weighted by Crippen LogP contribution is -2.30.